The van der Waals surface area contributed by atoms with Crippen LogP contribution in [0, 0.1) is 0 Å². The number of hydrogen-bond donors (Lipinski definition) is 1. The number of ether oxygens (including phenoxy) is 1. The van der Waals surface area contributed by atoms with Crippen LogP contribution in [-0.2, 0) is 12.0 Å². The quantitative estimate of drug-likeness (QED) is 0.821. The second kappa shape index (κ2) is 4.58. The molecule has 1 aromatic rings. The molecular weight excluding hydrogens is 222 g/mol. The van der Waals surface area contributed by atoms with Gasteiger partial charge in [0.1, 0.15) is 5.75 Å². The molecule has 0 amide bonds. The van der Waals surface area contributed by atoms with Crippen LogP contribution in [0.25, 0.3) is 0 Å². The second-order valence-electron chi connectivity index (χ2n) is 5.97. The van der Waals surface area contributed by atoms with Crippen molar-refractivity contribution in [3.8, 4) is 5.75 Å². The van der Waals surface area contributed by atoms with Crippen LogP contribution in [0.15, 0.2) is 18.2 Å². The lowest BCUT2D eigenvalue weighted by atomic mass is 9.75. The van der Waals surface area contributed by atoms with Gasteiger partial charge >= 0.3 is 0 Å². The van der Waals surface area contributed by atoms with Crippen LogP contribution in [-0.4, -0.2) is 6.10 Å². The van der Waals surface area contributed by atoms with E-state index in [0.29, 0.717) is 6.10 Å². The first-order valence-electron chi connectivity index (χ1n) is 7.27. The molecule has 0 aromatic heterocycles. The molecule has 0 saturated heterocycles. The van der Waals surface area contributed by atoms with Crippen LogP contribution in [0.3, 0.4) is 0 Å². The Morgan fingerprint density at radius 1 is 1.22 bits per heavy atom. The Kier molecular flexibility index (Phi) is 3.06. The monoisotopic (exact) mass is 245 g/mol. The summed E-state index contributed by atoms with van der Waals surface area (Å²) in [7, 11) is 0. The summed E-state index contributed by atoms with van der Waals surface area (Å²) < 4.78 is 5.95. The van der Waals surface area contributed by atoms with Gasteiger partial charge in [-0.2, -0.15) is 0 Å². The van der Waals surface area contributed by atoms with Crippen LogP contribution in [0.5, 0.6) is 5.75 Å². The van der Waals surface area contributed by atoms with Crippen LogP contribution in [0.4, 0.5) is 0 Å². The van der Waals surface area contributed by atoms with E-state index in [-0.39, 0.29) is 5.54 Å². The fourth-order valence-corrected chi connectivity index (χ4v) is 3.48. The second-order valence-corrected chi connectivity index (χ2v) is 5.97. The van der Waals surface area contributed by atoms with Crippen molar-refractivity contribution in [1.29, 1.82) is 0 Å². The fraction of sp³-hybridized carbons (Fsp3) is 0.625. The Hall–Kier alpha value is -1.02. The van der Waals surface area contributed by atoms with Gasteiger partial charge in [0.25, 0.3) is 0 Å². The van der Waals surface area contributed by atoms with E-state index in [4.69, 9.17) is 10.5 Å². The van der Waals surface area contributed by atoms with Crippen LogP contribution in [0.2, 0.25) is 0 Å². The molecule has 3 rings (SSSR count). The Morgan fingerprint density at radius 2 is 2.00 bits per heavy atom. The third-order valence-electron chi connectivity index (χ3n) is 4.54. The van der Waals surface area contributed by atoms with Gasteiger partial charge in [0.2, 0.25) is 0 Å². The molecular formula is C16H23NO. The molecule has 1 heterocycles. The van der Waals surface area contributed by atoms with Crippen molar-refractivity contribution in [2.24, 2.45) is 5.73 Å². The summed E-state index contributed by atoms with van der Waals surface area (Å²) >= 11 is 0. The molecule has 18 heavy (non-hydrogen) atoms. The fourth-order valence-electron chi connectivity index (χ4n) is 3.48. The summed E-state index contributed by atoms with van der Waals surface area (Å²) in [5.74, 6) is 1.07. The maximum atomic E-state index is 6.68. The van der Waals surface area contributed by atoms with Crippen molar-refractivity contribution >= 4 is 0 Å². The lowest BCUT2D eigenvalue weighted by molar-refractivity contribution is 0.189. The van der Waals surface area contributed by atoms with E-state index >= 15 is 0 Å². The topological polar surface area (TPSA) is 35.2 Å². The summed E-state index contributed by atoms with van der Waals surface area (Å²) in [6.07, 6.45) is 8.67. The van der Waals surface area contributed by atoms with Crippen molar-refractivity contribution in [2.45, 2.75) is 63.5 Å². The molecule has 1 fully saturated rings. The lowest BCUT2D eigenvalue weighted by Crippen LogP contribution is -2.40. The van der Waals surface area contributed by atoms with Crippen molar-refractivity contribution in [2.75, 3.05) is 0 Å². The largest absolute Gasteiger partial charge is 0.490 e. The smallest absolute Gasteiger partial charge is 0.123 e. The molecule has 0 radical (unpaired) electrons. The zero-order valence-electron chi connectivity index (χ0n) is 11.2. The maximum absolute atomic E-state index is 6.68. The Balaban J connectivity index is 1.99. The summed E-state index contributed by atoms with van der Waals surface area (Å²) in [6, 6.07) is 6.43. The van der Waals surface area contributed by atoms with E-state index < -0.39 is 0 Å². The first kappa shape index (κ1) is 12.0. The predicted molar refractivity (Wildman–Crippen MR) is 73.8 cm³/mol. The van der Waals surface area contributed by atoms with Gasteiger partial charge in [-0.3, -0.25) is 0 Å². The molecule has 1 aliphatic heterocycles. The molecule has 2 heteroatoms. The Labute approximate surface area is 110 Å². The molecule has 2 nitrogen and oxygen atoms in total. The van der Waals surface area contributed by atoms with Crippen molar-refractivity contribution in [1.82, 2.24) is 0 Å². The summed E-state index contributed by atoms with van der Waals surface area (Å²) in [5.41, 5.74) is 9.31. The normalized spacial score (nSPS) is 26.2. The zero-order valence-corrected chi connectivity index (χ0v) is 11.2. The van der Waals surface area contributed by atoms with Gasteiger partial charge in [0.15, 0.2) is 0 Å². The average molecular weight is 245 g/mol. The molecule has 0 bridgehead atoms. The number of fused-ring (bicyclic) bond motifs is 1. The predicted octanol–water partition coefficient (Wildman–Crippen LogP) is 3.52. The number of benzene rings is 1. The molecule has 1 unspecified atom stereocenters. The minimum absolute atomic E-state index is 0.104. The molecule has 1 aliphatic carbocycles. The lowest BCUT2D eigenvalue weighted by Gasteiger charge is -2.37. The number of hydrogen-bond acceptors (Lipinski definition) is 2. The Morgan fingerprint density at radius 3 is 2.78 bits per heavy atom. The third kappa shape index (κ3) is 2.03. The van der Waals surface area contributed by atoms with E-state index in [0.717, 1.165) is 31.4 Å². The van der Waals surface area contributed by atoms with Gasteiger partial charge in [-0.05, 0) is 49.8 Å². The van der Waals surface area contributed by atoms with Gasteiger partial charge in [-0.15, -0.1) is 0 Å². The maximum Gasteiger partial charge on any atom is 0.123 e. The molecule has 1 aromatic carbocycles. The van der Waals surface area contributed by atoms with Crippen LogP contribution < -0.4 is 10.5 Å². The van der Waals surface area contributed by atoms with Gasteiger partial charge in [0.05, 0.1) is 6.10 Å². The molecule has 2 N–H and O–H groups in total. The summed E-state index contributed by atoms with van der Waals surface area (Å²) in [6.45, 7) is 2.15. The van der Waals surface area contributed by atoms with E-state index in [1.54, 1.807) is 0 Å². The van der Waals surface area contributed by atoms with Gasteiger partial charge in [0, 0.05) is 5.54 Å². The van der Waals surface area contributed by atoms with E-state index in [1.807, 2.05) is 0 Å². The minimum atomic E-state index is -0.104. The van der Waals surface area contributed by atoms with Crippen molar-refractivity contribution in [3.63, 3.8) is 0 Å². The molecule has 2 aliphatic rings. The number of rotatable bonds is 1. The highest BCUT2D eigenvalue weighted by Gasteiger charge is 2.33. The molecule has 98 valence electrons. The Bertz CT molecular complexity index is 435. The van der Waals surface area contributed by atoms with Crippen molar-refractivity contribution in [3.05, 3.63) is 29.3 Å². The highest BCUT2D eigenvalue weighted by molar-refractivity contribution is 5.45. The summed E-state index contributed by atoms with van der Waals surface area (Å²) in [4.78, 5) is 0. The number of nitrogens with two attached hydrogens (primary N) is 1. The van der Waals surface area contributed by atoms with Gasteiger partial charge in [-0.25, -0.2) is 0 Å². The van der Waals surface area contributed by atoms with E-state index in [2.05, 4.69) is 25.1 Å². The summed E-state index contributed by atoms with van der Waals surface area (Å²) in [5, 5.41) is 0. The SMILES string of the molecule is CC1CCc2c(cccc2C2(N)CCCCC2)O1. The zero-order chi connectivity index (χ0) is 12.6. The standard InChI is InChI=1S/C16H23NO/c1-12-8-9-13-14(6-5-7-15(13)18-12)16(17)10-3-2-4-11-16/h5-7,12H,2-4,8-11,17H2,1H3. The van der Waals surface area contributed by atoms with Gasteiger partial charge < -0.3 is 10.5 Å². The van der Waals surface area contributed by atoms with Gasteiger partial charge in [-0.1, -0.05) is 31.4 Å². The van der Waals surface area contributed by atoms with E-state index in [1.165, 1.54) is 30.4 Å². The molecule has 0 spiro atoms. The first-order chi connectivity index (χ1) is 8.69. The third-order valence-corrected chi connectivity index (χ3v) is 4.54. The van der Waals surface area contributed by atoms with Crippen LogP contribution >= 0.6 is 0 Å². The van der Waals surface area contributed by atoms with E-state index in [9.17, 15) is 0 Å². The first-order valence-corrected chi connectivity index (χ1v) is 7.27. The minimum Gasteiger partial charge on any atom is -0.490 e. The van der Waals surface area contributed by atoms with Crippen molar-refractivity contribution < 1.29 is 4.74 Å². The van der Waals surface area contributed by atoms with Crippen LogP contribution in [0.1, 0.15) is 56.6 Å². The highest BCUT2D eigenvalue weighted by atomic mass is 16.5. The highest BCUT2D eigenvalue weighted by Crippen LogP contribution is 2.41. The molecule has 1 atom stereocenters. The molecule has 1 saturated carbocycles. The average Bonchev–Trinajstić information content (AvgIpc) is 2.38.